The molecule has 1 amide bonds. The van der Waals surface area contributed by atoms with Gasteiger partial charge < -0.3 is 9.47 Å². The average Bonchev–Trinajstić information content (AvgIpc) is 2.74. The molecule has 3 aromatic rings. The first kappa shape index (κ1) is 20.4. The zero-order valence-corrected chi connectivity index (χ0v) is 16.3. The average molecular weight is 413 g/mol. The van der Waals surface area contributed by atoms with Crippen molar-refractivity contribution in [1.29, 1.82) is 0 Å². The number of ether oxygens (including phenoxy) is 2. The number of rotatable bonds is 7. The minimum absolute atomic E-state index is 0.0782. The summed E-state index contributed by atoms with van der Waals surface area (Å²) in [6, 6.07) is 18.3. The second-order valence-corrected chi connectivity index (χ2v) is 6.38. The van der Waals surface area contributed by atoms with Crippen molar-refractivity contribution < 1.29 is 18.7 Å². The van der Waals surface area contributed by atoms with Gasteiger partial charge in [-0.3, -0.25) is 4.79 Å². The Morgan fingerprint density at radius 3 is 2.62 bits per heavy atom. The molecule has 0 atom stereocenters. The number of carbonyl (C=O) groups is 1. The topological polar surface area (TPSA) is 59.9 Å². The molecule has 29 heavy (non-hydrogen) atoms. The maximum absolute atomic E-state index is 13.6. The lowest BCUT2D eigenvalue weighted by Gasteiger charge is -2.12. The standard InChI is InChI=1S/C22H18ClFN2O3/c1-28-21-12-15(13-25-26-22(27)17-7-3-5-9-19(17)24)10-11-20(21)29-14-16-6-2-4-8-18(16)23/h2-13H,14H2,1H3,(H,26,27)/b25-13-. The summed E-state index contributed by atoms with van der Waals surface area (Å²) in [6.07, 6.45) is 1.43. The number of carbonyl (C=O) groups excluding carboxylic acids is 1. The maximum Gasteiger partial charge on any atom is 0.274 e. The molecule has 3 rings (SSSR count). The molecule has 1 N–H and O–H groups in total. The van der Waals surface area contributed by atoms with Crippen LogP contribution in [-0.4, -0.2) is 19.2 Å². The molecule has 0 saturated heterocycles. The molecule has 0 aromatic heterocycles. The van der Waals surface area contributed by atoms with Gasteiger partial charge in [-0.2, -0.15) is 5.10 Å². The smallest absolute Gasteiger partial charge is 0.274 e. The third-order valence-electron chi connectivity index (χ3n) is 4.03. The van der Waals surface area contributed by atoms with Crippen LogP contribution in [-0.2, 0) is 6.61 Å². The van der Waals surface area contributed by atoms with Crippen molar-refractivity contribution in [1.82, 2.24) is 5.43 Å². The number of amides is 1. The van der Waals surface area contributed by atoms with E-state index in [1.54, 1.807) is 30.3 Å². The molecule has 0 aliphatic rings. The van der Waals surface area contributed by atoms with E-state index in [2.05, 4.69) is 10.5 Å². The first-order chi connectivity index (χ1) is 14.1. The monoisotopic (exact) mass is 412 g/mol. The second-order valence-electron chi connectivity index (χ2n) is 5.97. The summed E-state index contributed by atoms with van der Waals surface area (Å²) in [5.74, 6) is -0.200. The van der Waals surface area contributed by atoms with Crippen LogP contribution >= 0.6 is 11.6 Å². The van der Waals surface area contributed by atoms with E-state index in [1.165, 1.54) is 31.5 Å². The molecule has 3 aromatic carbocycles. The van der Waals surface area contributed by atoms with Gasteiger partial charge in [-0.25, -0.2) is 9.82 Å². The normalized spacial score (nSPS) is 10.7. The van der Waals surface area contributed by atoms with Crippen molar-refractivity contribution in [3.63, 3.8) is 0 Å². The first-order valence-corrected chi connectivity index (χ1v) is 9.08. The third kappa shape index (κ3) is 5.33. The summed E-state index contributed by atoms with van der Waals surface area (Å²) in [6.45, 7) is 0.294. The molecule has 0 bridgehead atoms. The van der Waals surface area contributed by atoms with Gasteiger partial charge in [0.05, 0.1) is 18.9 Å². The Morgan fingerprint density at radius 2 is 1.86 bits per heavy atom. The molecule has 0 unspecified atom stereocenters. The highest BCUT2D eigenvalue weighted by molar-refractivity contribution is 6.31. The number of methoxy groups -OCH3 is 1. The molecule has 7 heteroatoms. The molecule has 5 nitrogen and oxygen atoms in total. The molecular formula is C22H18ClFN2O3. The van der Waals surface area contributed by atoms with Gasteiger partial charge >= 0.3 is 0 Å². The number of hydrogen-bond donors (Lipinski definition) is 1. The molecule has 0 fully saturated rings. The third-order valence-corrected chi connectivity index (χ3v) is 4.40. The lowest BCUT2D eigenvalue weighted by molar-refractivity contribution is 0.0951. The number of benzene rings is 3. The fraction of sp³-hybridized carbons (Fsp3) is 0.0909. The fourth-order valence-electron chi connectivity index (χ4n) is 2.53. The first-order valence-electron chi connectivity index (χ1n) is 8.70. The van der Waals surface area contributed by atoms with E-state index < -0.39 is 11.7 Å². The summed E-state index contributed by atoms with van der Waals surface area (Å²) in [5, 5.41) is 4.49. The Bertz CT molecular complexity index is 1040. The van der Waals surface area contributed by atoms with E-state index in [4.69, 9.17) is 21.1 Å². The van der Waals surface area contributed by atoms with Gasteiger partial charge in [-0.15, -0.1) is 0 Å². The quantitative estimate of drug-likeness (QED) is 0.446. The van der Waals surface area contributed by atoms with E-state index in [-0.39, 0.29) is 5.56 Å². The van der Waals surface area contributed by atoms with E-state index >= 15 is 0 Å². The van der Waals surface area contributed by atoms with E-state index in [9.17, 15) is 9.18 Å². The number of nitrogens with zero attached hydrogens (tertiary/aromatic N) is 1. The van der Waals surface area contributed by atoms with Gasteiger partial charge in [0.1, 0.15) is 12.4 Å². The molecule has 148 valence electrons. The van der Waals surface area contributed by atoms with Crippen molar-refractivity contribution in [3.05, 3.63) is 94.3 Å². The summed E-state index contributed by atoms with van der Waals surface area (Å²) in [7, 11) is 1.53. The van der Waals surface area contributed by atoms with Gasteiger partial charge in [0, 0.05) is 10.6 Å². The van der Waals surface area contributed by atoms with Crippen molar-refractivity contribution in [2.45, 2.75) is 6.61 Å². The van der Waals surface area contributed by atoms with Crippen molar-refractivity contribution in [3.8, 4) is 11.5 Å². The molecule has 0 aliphatic heterocycles. The predicted octanol–water partition coefficient (Wildman–Crippen LogP) is 4.83. The van der Waals surface area contributed by atoms with Crippen LogP contribution < -0.4 is 14.9 Å². The Hall–Kier alpha value is -3.38. The van der Waals surface area contributed by atoms with Gasteiger partial charge in [0.2, 0.25) is 0 Å². The Morgan fingerprint density at radius 1 is 1.10 bits per heavy atom. The van der Waals surface area contributed by atoms with E-state index in [1.807, 2.05) is 18.2 Å². The van der Waals surface area contributed by atoms with Crippen LogP contribution in [0.2, 0.25) is 5.02 Å². The number of halogens is 2. The largest absolute Gasteiger partial charge is 0.493 e. The molecule has 0 saturated carbocycles. The summed E-state index contributed by atoms with van der Waals surface area (Å²) < 4.78 is 24.8. The fourth-order valence-corrected chi connectivity index (χ4v) is 2.72. The second kappa shape index (κ2) is 9.71. The molecular weight excluding hydrogens is 395 g/mol. The predicted molar refractivity (Wildman–Crippen MR) is 110 cm³/mol. The molecule has 0 aliphatic carbocycles. The van der Waals surface area contributed by atoms with Crippen LogP contribution in [0.15, 0.2) is 71.8 Å². The van der Waals surface area contributed by atoms with Gasteiger partial charge in [-0.05, 0) is 42.0 Å². The highest BCUT2D eigenvalue weighted by Crippen LogP contribution is 2.29. The highest BCUT2D eigenvalue weighted by Gasteiger charge is 2.10. The summed E-state index contributed by atoms with van der Waals surface area (Å²) >= 11 is 6.14. The van der Waals surface area contributed by atoms with Gasteiger partial charge in [0.15, 0.2) is 11.5 Å². The van der Waals surface area contributed by atoms with Gasteiger partial charge in [0.25, 0.3) is 5.91 Å². The Kier molecular flexibility index (Phi) is 6.81. The van der Waals surface area contributed by atoms with Crippen molar-refractivity contribution >= 4 is 23.7 Å². The van der Waals surface area contributed by atoms with Crippen LogP contribution in [0.25, 0.3) is 0 Å². The summed E-state index contributed by atoms with van der Waals surface area (Å²) in [4.78, 5) is 12.0. The minimum atomic E-state index is -0.633. The number of hydrogen-bond acceptors (Lipinski definition) is 4. The van der Waals surface area contributed by atoms with Gasteiger partial charge in [-0.1, -0.05) is 41.9 Å². The van der Waals surface area contributed by atoms with Crippen molar-refractivity contribution in [2.75, 3.05) is 7.11 Å². The zero-order chi connectivity index (χ0) is 20.6. The van der Waals surface area contributed by atoms with Crippen LogP contribution in [0.4, 0.5) is 4.39 Å². The summed E-state index contributed by atoms with van der Waals surface area (Å²) in [5.41, 5.74) is 3.75. The lowest BCUT2D eigenvalue weighted by atomic mass is 10.2. The van der Waals surface area contributed by atoms with Crippen LogP contribution in [0.1, 0.15) is 21.5 Å². The van der Waals surface area contributed by atoms with E-state index in [0.717, 1.165) is 5.56 Å². The number of hydrazone groups is 1. The van der Waals surface area contributed by atoms with E-state index in [0.29, 0.717) is 28.7 Å². The molecule has 0 heterocycles. The van der Waals surface area contributed by atoms with Crippen LogP contribution in [0.5, 0.6) is 11.5 Å². The Balaban J connectivity index is 1.65. The SMILES string of the molecule is COc1cc(/C=N\NC(=O)c2ccccc2F)ccc1OCc1ccccc1Cl. The Labute approximate surface area is 172 Å². The van der Waals surface area contributed by atoms with Crippen LogP contribution in [0.3, 0.4) is 0 Å². The lowest BCUT2D eigenvalue weighted by Crippen LogP contribution is -2.18. The van der Waals surface area contributed by atoms with Crippen LogP contribution in [0, 0.1) is 5.82 Å². The maximum atomic E-state index is 13.6. The zero-order valence-electron chi connectivity index (χ0n) is 15.6. The minimum Gasteiger partial charge on any atom is -0.493 e. The number of nitrogens with one attached hydrogen (secondary N) is 1. The molecule has 0 spiro atoms. The molecule has 0 radical (unpaired) electrons. The van der Waals surface area contributed by atoms with Crippen molar-refractivity contribution in [2.24, 2.45) is 5.10 Å². The highest BCUT2D eigenvalue weighted by atomic mass is 35.5.